The number of aliphatic hydroxyl groups is 1. The van der Waals surface area contributed by atoms with E-state index in [-0.39, 0.29) is 28.5 Å². The molecule has 210 valence electrons. The van der Waals surface area contributed by atoms with Crippen LogP contribution in [0.4, 0.5) is 23.2 Å². The number of aromatic hydroxyl groups is 1. The zero-order chi connectivity index (χ0) is 29.0. The Morgan fingerprint density at radius 1 is 1.23 bits per heavy atom. The van der Waals surface area contributed by atoms with Crippen molar-refractivity contribution in [2.75, 3.05) is 11.9 Å². The minimum Gasteiger partial charge on any atom is -0.505 e. The molecule has 1 fully saturated rings. The van der Waals surface area contributed by atoms with Crippen LogP contribution in [0.15, 0.2) is 42.6 Å². The summed E-state index contributed by atoms with van der Waals surface area (Å²) in [5, 5.41) is 29.2. The summed E-state index contributed by atoms with van der Waals surface area (Å²) in [6, 6.07) is 8.33. The Hall–Kier alpha value is -4.19. The fraction of sp³-hybridized carbons (Fsp3) is 0.321. The molecule has 0 radical (unpaired) electrons. The van der Waals surface area contributed by atoms with Gasteiger partial charge in [0.2, 0.25) is 5.91 Å². The molecule has 0 saturated heterocycles. The zero-order valence-corrected chi connectivity index (χ0v) is 21.7. The van der Waals surface area contributed by atoms with Gasteiger partial charge in [-0.2, -0.15) is 18.3 Å². The number of carbonyl (C=O) groups excluding carboxylic acids is 1. The fourth-order valence-corrected chi connectivity index (χ4v) is 5.02. The highest BCUT2D eigenvalue weighted by molar-refractivity contribution is 5.95. The van der Waals surface area contributed by atoms with E-state index < -0.39 is 42.2 Å². The summed E-state index contributed by atoms with van der Waals surface area (Å²) in [7, 11) is 0. The quantitative estimate of drug-likeness (QED) is 0.222. The number of nitrogens with zero attached hydrogens (tertiary/aromatic N) is 3. The highest BCUT2D eigenvalue weighted by atomic mass is 19.4. The van der Waals surface area contributed by atoms with Crippen molar-refractivity contribution in [2.24, 2.45) is 5.73 Å². The first-order valence-corrected chi connectivity index (χ1v) is 12.6. The minimum atomic E-state index is -4.41. The highest BCUT2D eigenvalue weighted by Gasteiger charge is 2.35. The predicted octanol–water partition coefficient (Wildman–Crippen LogP) is 5.15. The largest absolute Gasteiger partial charge is 0.505 e. The lowest BCUT2D eigenvalue weighted by Crippen LogP contribution is -2.26. The van der Waals surface area contributed by atoms with Crippen LogP contribution in [0.25, 0.3) is 16.9 Å². The van der Waals surface area contributed by atoms with Gasteiger partial charge in [-0.15, -0.1) is 0 Å². The number of nitrogens with one attached hydrogen (secondary N) is 1. The lowest BCUT2D eigenvalue weighted by atomic mass is 9.91. The Kier molecular flexibility index (Phi) is 6.69. The van der Waals surface area contributed by atoms with Crippen molar-refractivity contribution in [3.63, 3.8) is 0 Å². The van der Waals surface area contributed by atoms with Crippen LogP contribution in [0.2, 0.25) is 0 Å². The number of imidazole rings is 1. The van der Waals surface area contributed by atoms with Gasteiger partial charge in [0.25, 0.3) is 0 Å². The Morgan fingerprint density at radius 2 is 1.95 bits per heavy atom. The van der Waals surface area contributed by atoms with Crippen molar-refractivity contribution < 1.29 is 32.6 Å². The average Bonchev–Trinajstić information content (AvgIpc) is 3.62. The molecule has 2 aromatic carbocycles. The number of fused-ring (bicyclic) bond motifs is 1. The Morgan fingerprint density at radius 3 is 2.60 bits per heavy atom. The number of aromatic nitrogens is 3. The van der Waals surface area contributed by atoms with Crippen LogP contribution in [0.1, 0.15) is 64.8 Å². The Bertz CT molecular complexity index is 1630. The van der Waals surface area contributed by atoms with Gasteiger partial charge >= 0.3 is 6.18 Å². The van der Waals surface area contributed by atoms with Crippen molar-refractivity contribution in [1.29, 1.82) is 0 Å². The molecule has 1 aliphatic rings. The minimum absolute atomic E-state index is 0.0758. The molecule has 2 heterocycles. The van der Waals surface area contributed by atoms with Crippen molar-refractivity contribution in [3.05, 3.63) is 76.4 Å². The molecule has 1 saturated carbocycles. The maximum Gasteiger partial charge on any atom is 0.390 e. The van der Waals surface area contributed by atoms with Gasteiger partial charge in [-0.3, -0.25) is 4.79 Å². The van der Waals surface area contributed by atoms with E-state index in [1.807, 2.05) is 0 Å². The Balaban J connectivity index is 1.72. The lowest BCUT2D eigenvalue weighted by molar-refractivity contribution is -0.131. The van der Waals surface area contributed by atoms with E-state index >= 15 is 0 Å². The molecular weight excluding hydrogens is 530 g/mol. The van der Waals surface area contributed by atoms with Crippen LogP contribution in [0.5, 0.6) is 5.75 Å². The first-order valence-electron chi connectivity index (χ1n) is 12.6. The number of nitrogens with two attached hydrogens (primary N) is 1. The molecule has 0 bridgehead atoms. The molecule has 0 spiro atoms. The van der Waals surface area contributed by atoms with Gasteiger partial charge in [-0.1, -0.05) is 18.2 Å². The molecule has 40 heavy (non-hydrogen) atoms. The number of hydrogen-bond acceptors (Lipinski definition) is 6. The third-order valence-electron chi connectivity index (χ3n) is 7.24. The second kappa shape index (κ2) is 9.77. The molecule has 5 N–H and O–H groups in total. The zero-order valence-electron chi connectivity index (χ0n) is 21.7. The normalized spacial score (nSPS) is 15.3. The molecule has 1 aliphatic carbocycles. The summed E-state index contributed by atoms with van der Waals surface area (Å²) < 4.78 is 54.3. The number of para-hydroxylation sites is 1. The summed E-state index contributed by atoms with van der Waals surface area (Å²) in [6.45, 7) is 2.63. The summed E-state index contributed by atoms with van der Waals surface area (Å²) in [5.41, 5.74) is 6.78. The van der Waals surface area contributed by atoms with Gasteiger partial charge in [0.05, 0.1) is 29.7 Å². The van der Waals surface area contributed by atoms with Crippen molar-refractivity contribution in [1.82, 2.24) is 14.6 Å². The number of hydrogen-bond donors (Lipinski definition) is 4. The maximum atomic E-state index is 14.2. The van der Waals surface area contributed by atoms with Gasteiger partial charge in [-0.25, -0.2) is 13.9 Å². The fourth-order valence-electron chi connectivity index (χ4n) is 5.02. The van der Waals surface area contributed by atoms with Gasteiger partial charge in [0, 0.05) is 23.2 Å². The maximum absolute atomic E-state index is 14.2. The van der Waals surface area contributed by atoms with Gasteiger partial charge in [0.15, 0.2) is 17.2 Å². The van der Waals surface area contributed by atoms with E-state index in [0.29, 0.717) is 16.8 Å². The molecule has 1 unspecified atom stereocenters. The van der Waals surface area contributed by atoms with Crippen LogP contribution >= 0.6 is 0 Å². The van der Waals surface area contributed by atoms with E-state index in [1.165, 1.54) is 35.8 Å². The lowest BCUT2D eigenvalue weighted by Gasteiger charge is -2.25. The van der Waals surface area contributed by atoms with Crippen molar-refractivity contribution >= 4 is 17.2 Å². The monoisotopic (exact) mass is 557 g/mol. The molecule has 12 heteroatoms. The Labute approximate surface area is 226 Å². The van der Waals surface area contributed by atoms with E-state index in [4.69, 9.17) is 5.73 Å². The summed E-state index contributed by atoms with van der Waals surface area (Å²) in [5.74, 6) is -2.11. The van der Waals surface area contributed by atoms with Crippen LogP contribution in [-0.4, -0.2) is 43.4 Å². The predicted molar refractivity (Wildman–Crippen MR) is 140 cm³/mol. The number of carbonyl (C=O) groups is 1. The van der Waals surface area contributed by atoms with Crippen LogP contribution in [0, 0.1) is 12.7 Å². The SMILES string of the molecule is Cc1c(C(N)=O)ccc(-c2cnc3c(NCCC(F)(F)F)cc(C(C)(O)c4cccc(F)c4O)nn23)c1C1CC1. The number of anilines is 1. The molecule has 0 aliphatic heterocycles. The number of amides is 1. The molecule has 2 aromatic heterocycles. The average molecular weight is 558 g/mol. The molecule has 8 nitrogen and oxygen atoms in total. The van der Waals surface area contributed by atoms with Crippen LogP contribution in [0.3, 0.4) is 0 Å². The molecule has 4 aromatic rings. The number of halogens is 4. The van der Waals surface area contributed by atoms with E-state index in [2.05, 4.69) is 15.4 Å². The second-order valence-corrected chi connectivity index (χ2v) is 10.2. The summed E-state index contributed by atoms with van der Waals surface area (Å²) in [6.07, 6.45) is -2.20. The number of phenolic OH excluding ortho intramolecular Hbond substituents is 1. The van der Waals surface area contributed by atoms with Gasteiger partial charge in [-0.05, 0) is 61.9 Å². The third-order valence-corrected chi connectivity index (χ3v) is 7.24. The van der Waals surface area contributed by atoms with Gasteiger partial charge < -0.3 is 21.3 Å². The molecular formula is C28H27F4N5O3. The number of primary amides is 1. The number of alkyl halides is 3. The number of phenols is 1. The standard InChI is InChI=1S/C28H27F4N5O3/c1-14-16(25(33)39)8-9-17(23(14)15-6-7-15)21-13-35-26-20(34-11-10-28(30,31)32)12-22(36-37(21)26)27(2,40)18-4-3-5-19(29)24(18)38/h3-5,8-9,12-13,15,34,38,40H,6-7,10-11H2,1-2H3,(H2,33,39). The first kappa shape index (κ1) is 27.4. The molecule has 1 amide bonds. The van der Waals surface area contributed by atoms with E-state index in [1.54, 1.807) is 19.1 Å². The topological polar surface area (TPSA) is 126 Å². The van der Waals surface area contributed by atoms with Crippen molar-refractivity contribution in [2.45, 2.75) is 50.8 Å². The molecule has 1 atom stereocenters. The number of rotatable bonds is 8. The highest BCUT2D eigenvalue weighted by Crippen LogP contribution is 2.47. The molecule has 5 rings (SSSR count). The van der Waals surface area contributed by atoms with Crippen LogP contribution < -0.4 is 11.1 Å². The third kappa shape index (κ3) is 4.94. The summed E-state index contributed by atoms with van der Waals surface area (Å²) >= 11 is 0. The first-order chi connectivity index (χ1) is 18.8. The van der Waals surface area contributed by atoms with E-state index in [9.17, 15) is 32.6 Å². The van der Waals surface area contributed by atoms with Crippen molar-refractivity contribution in [3.8, 4) is 17.0 Å². The van der Waals surface area contributed by atoms with Crippen LogP contribution in [-0.2, 0) is 5.60 Å². The van der Waals surface area contributed by atoms with Gasteiger partial charge in [0.1, 0.15) is 5.60 Å². The van der Waals surface area contributed by atoms with E-state index in [0.717, 1.165) is 30.0 Å². The number of benzene rings is 2. The summed E-state index contributed by atoms with van der Waals surface area (Å²) in [4.78, 5) is 16.4. The smallest absolute Gasteiger partial charge is 0.390 e. The second-order valence-electron chi connectivity index (χ2n) is 10.2.